The van der Waals surface area contributed by atoms with Crippen LogP contribution in [0.5, 0.6) is 0 Å². The van der Waals surface area contributed by atoms with E-state index in [2.05, 4.69) is 4.36 Å². The summed E-state index contributed by atoms with van der Waals surface area (Å²) in [5.74, 6) is 0. The summed E-state index contributed by atoms with van der Waals surface area (Å²) < 4.78 is 17.1. The average Bonchev–Trinajstić information content (AvgIpc) is 2.34. The van der Waals surface area contributed by atoms with E-state index in [1.54, 1.807) is 7.05 Å². The van der Waals surface area contributed by atoms with Crippen molar-refractivity contribution in [2.45, 2.75) is 57.3 Å². The van der Waals surface area contributed by atoms with Gasteiger partial charge in [-0.2, -0.15) is 0 Å². The Bertz CT molecular complexity index is 585. The van der Waals surface area contributed by atoms with Gasteiger partial charge in [-0.3, -0.25) is 0 Å². The van der Waals surface area contributed by atoms with Crippen LogP contribution in [0.4, 0.5) is 0 Å². The van der Waals surface area contributed by atoms with Crippen molar-refractivity contribution in [1.82, 2.24) is 0 Å². The molecule has 1 aromatic carbocycles. The van der Waals surface area contributed by atoms with Crippen LogP contribution in [0.25, 0.3) is 0 Å². The predicted octanol–water partition coefficient (Wildman–Crippen LogP) is 4.02. The van der Waals surface area contributed by atoms with E-state index in [1.807, 2.05) is 65.8 Å². The molecule has 4 heteroatoms. The van der Waals surface area contributed by atoms with Crippen LogP contribution in [0.3, 0.4) is 0 Å². The summed E-state index contributed by atoms with van der Waals surface area (Å²) in [5.41, 5.74) is 0.396. The summed E-state index contributed by atoms with van der Waals surface area (Å²) in [6, 6.07) is 7.39. The highest BCUT2D eigenvalue weighted by atomic mass is 32.2. The molecule has 0 spiro atoms. The van der Waals surface area contributed by atoms with Gasteiger partial charge in [0.25, 0.3) is 0 Å². The van der Waals surface area contributed by atoms with Crippen molar-refractivity contribution in [1.29, 1.82) is 0 Å². The van der Waals surface area contributed by atoms with Crippen LogP contribution in [0, 0.1) is 5.41 Å². The molecule has 0 heterocycles. The van der Waals surface area contributed by atoms with E-state index in [4.69, 9.17) is 0 Å². The average molecular weight is 297 g/mol. The molecule has 114 valence electrons. The molecule has 0 radical (unpaired) electrons. The minimum atomic E-state index is -2.59. The van der Waals surface area contributed by atoms with Crippen molar-refractivity contribution in [3.05, 3.63) is 29.8 Å². The van der Waals surface area contributed by atoms with Crippen LogP contribution in [0.15, 0.2) is 33.5 Å². The van der Waals surface area contributed by atoms with E-state index in [1.165, 1.54) is 0 Å². The monoisotopic (exact) mass is 297 g/mol. The smallest absolute Gasteiger partial charge is 0.0850 e. The van der Waals surface area contributed by atoms with Crippen LogP contribution in [0.1, 0.15) is 53.2 Å². The van der Waals surface area contributed by atoms with E-state index < -0.39 is 20.6 Å². The zero-order valence-corrected chi connectivity index (χ0v) is 14.4. The van der Waals surface area contributed by atoms with Crippen LogP contribution in [-0.2, 0) is 9.73 Å². The quantitative estimate of drug-likeness (QED) is 0.896. The molecule has 0 aromatic heterocycles. The number of rotatable bonds is 2. The van der Waals surface area contributed by atoms with E-state index in [0.29, 0.717) is 10.5 Å². The molecule has 20 heavy (non-hydrogen) atoms. The molecule has 0 bridgehead atoms. The number of benzene rings is 1. The fourth-order valence-corrected chi connectivity index (χ4v) is 4.29. The molecular weight excluding hydrogens is 270 g/mol. The van der Waals surface area contributed by atoms with Gasteiger partial charge in [0.15, 0.2) is 0 Å². The van der Waals surface area contributed by atoms with Gasteiger partial charge in [0.1, 0.15) is 0 Å². The second-order valence-corrected chi connectivity index (χ2v) is 10.2. The summed E-state index contributed by atoms with van der Waals surface area (Å²) >= 11 is 0. The zero-order valence-electron chi connectivity index (χ0n) is 13.6. The van der Waals surface area contributed by atoms with Crippen molar-refractivity contribution < 1.29 is 9.32 Å². The lowest BCUT2D eigenvalue weighted by Crippen LogP contribution is -2.30. The van der Waals surface area contributed by atoms with Crippen LogP contribution in [-0.4, -0.2) is 21.1 Å². The van der Waals surface area contributed by atoms with E-state index in [0.717, 1.165) is 0 Å². The lowest BCUT2D eigenvalue weighted by molar-refractivity contribution is 0.0603. The van der Waals surface area contributed by atoms with Crippen LogP contribution < -0.4 is 0 Å². The maximum atomic E-state index is 13.4. The molecule has 2 atom stereocenters. The number of hydrogen-bond donors (Lipinski definition) is 1. The Morgan fingerprint density at radius 3 is 2.00 bits per heavy atom. The SMILES string of the molecule is CN=S(=O)(c1ccccc1C(O)C(C)(C)C)C(C)(C)C. The predicted molar refractivity (Wildman–Crippen MR) is 85.4 cm³/mol. The van der Waals surface area contributed by atoms with Crippen molar-refractivity contribution in [2.24, 2.45) is 9.78 Å². The van der Waals surface area contributed by atoms with Gasteiger partial charge < -0.3 is 5.11 Å². The van der Waals surface area contributed by atoms with Crippen molar-refractivity contribution in [2.75, 3.05) is 7.05 Å². The maximum Gasteiger partial charge on any atom is 0.0850 e. The first-order chi connectivity index (χ1) is 8.95. The first-order valence-electron chi connectivity index (χ1n) is 6.87. The Morgan fingerprint density at radius 2 is 1.60 bits per heavy atom. The molecule has 1 N–H and O–H groups in total. The molecule has 0 saturated heterocycles. The number of nitrogens with zero attached hydrogens (tertiary/aromatic N) is 1. The van der Waals surface area contributed by atoms with E-state index >= 15 is 0 Å². The van der Waals surface area contributed by atoms with Gasteiger partial charge in [-0.15, -0.1) is 0 Å². The standard InChI is InChI=1S/C16H27NO2S/c1-15(2,3)14(18)12-10-8-9-11-13(12)20(19,17-7)16(4,5)6/h8-11,14,18H,1-7H3. The van der Waals surface area contributed by atoms with Gasteiger partial charge in [-0.25, -0.2) is 8.57 Å². The molecule has 1 aromatic rings. The first-order valence-corrected chi connectivity index (χ1v) is 8.38. The molecule has 1 rings (SSSR count). The van der Waals surface area contributed by atoms with Crippen molar-refractivity contribution >= 4 is 9.73 Å². The van der Waals surface area contributed by atoms with Crippen LogP contribution in [0.2, 0.25) is 0 Å². The largest absolute Gasteiger partial charge is 0.388 e. The van der Waals surface area contributed by atoms with Crippen molar-refractivity contribution in [3.8, 4) is 0 Å². The van der Waals surface area contributed by atoms with Gasteiger partial charge in [-0.1, -0.05) is 39.0 Å². The molecular formula is C16H27NO2S. The summed E-state index contributed by atoms with van der Waals surface area (Å²) in [6.45, 7) is 11.7. The second kappa shape index (κ2) is 5.49. The fraction of sp³-hybridized carbons (Fsp3) is 0.625. The number of aliphatic hydroxyl groups is 1. The lowest BCUT2D eigenvalue weighted by atomic mass is 9.85. The fourth-order valence-electron chi connectivity index (χ4n) is 2.13. The van der Waals surface area contributed by atoms with Crippen LogP contribution >= 0.6 is 0 Å². The van der Waals surface area contributed by atoms with Crippen molar-refractivity contribution in [3.63, 3.8) is 0 Å². The van der Waals surface area contributed by atoms with E-state index in [-0.39, 0.29) is 5.41 Å². The molecule has 0 saturated carbocycles. The third kappa shape index (κ3) is 3.07. The summed E-state index contributed by atoms with van der Waals surface area (Å²) in [5, 5.41) is 10.6. The minimum absolute atomic E-state index is 0.317. The minimum Gasteiger partial charge on any atom is -0.388 e. The highest BCUT2D eigenvalue weighted by molar-refractivity contribution is 7.95. The molecule has 0 fully saturated rings. The van der Waals surface area contributed by atoms with Gasteiger partial charge in [0.2, 0.25) is 0 Å². The molecule has 3 nitrogen and oxygen atoms in total. The molecule has 0 aliphatic carbocycles. The highest BCUT2D eigenvalue weighted by Crippen LogP contribution is 2.38. The molecule has 0 aliphatic rings. The van der Waals surface area contributed by atoms with Gasteiger partial charge in [0.05, 0.1) is 25.5 Å². The topological polar surface area (TPSA) is 49.7 Å². The van der Waals surface area contributed by atoms with E-state index in [9.17, 15) is 9.32 Å². The Hall–Kier alpha value is -0.870. The third-order valence-electron chi connectivity index (χ3n) is 3.42. The summed E-state index contributed by atoms with van der Waals surface area (Å²) in [7, 11) is -1.00. The normalized spacial score (nSPS) is 17.4. The number of hydrogen-bond acceptors (Lipinski definition) is 3. The molecule has 0 aliphatic heterocycles. The molecule has 2 unspecified atom stereocenters. The Labute approximate surface area is 123 Å². The Morgan fingerprint density at radius 1 is 1.10 bits per heavy atom. The summed E-state index contributed by atoms with van der Waals surface area (Å²) in [6.07, 6.45) is -0.677. The van der Waals surface area contributed by atoms with Gasteiger partial charge in [0, 0.05) is 7.05 Å². The number of aliphatic hydroxyl groups excluding tert-OH is 1. The highest BCUT2D eigenvalue weighted by Gasteiger charge is 2.34. The van der Waals surface area contributed by atoms with Gasteiger partial charge in [-0.05, 0) is 37.8 Å². The first kappa shape index (κ1) is 17.2. The maximum absolute atomic E-state index is 13.4. The third-order valence-corrected chi connectivity index (χ3v) is 6.56. The zero-order chi connectivity index (χ0) is 15.8. The molecule has 0 amide bonds. The second-order valence-electron chi connectivity index (χ2n) is 7.13. The Balaban J connectivity index is 3.62. The van der Waals surface area contributed by atoms with Gasteiger partial charge >= 0.3 is 0 Å². The summed E-state index contributed by atoms with van der Waals surface area (Å²) in [4.78, 5) is 0.650. The lowest BCUT2D eigenvalue weighted by Gasteiger charge is -2.31. The Kier molecular flexibility index (Phi) is 4.72.